The van der Waals surface area contributed by atoms with Crippen LogP contribution < -0.4 is 5.32 Å². The van der Waals surface area contributed by atoms with E-state index in [2.05, 4.69) is 36.3 Å². The lowest BCUT2D eigenvalue weighted by molar-refractivity contribution is 0.261. The van der Waals surface area contributed by atoms with Gasteiger partial charge in [0.05, 0.1) is 0 Å². The van der Waals surface area contributed by atoms with E-state index in [0.717, 1.165) is 28.4 Å². The van der Waals surface area contributed by atoms with Gasteiger partial charge in [-0.25, -0.2) is 0 Å². The number of anilines is 1. The van der Waals surface area contributed by atoms with E-state index in [-0.39, 0.29) is 0 Å². The molecule has 90 valence electrons. The second-order valence-corrected chi connectivity index (χ2v) is 6.03. The summed E-state index contributed by atoms with van der Waals surface area (Å²) in [4.78, 5) is 0. The molecule has 3 atom stereocenters. The predicted octanol–water partition coefficient (Wildman–Crippen LogP) is 3.34. The molecule has 0 aromatic carbocycles. The van der Waals surface area contributed by atoms with Crippen molar-refractivity contribution in [2.24, 2.45) is 11.8 Å². The number of rotatable bonds is 3. The summed E-state index contributed by atoms with van der Waals surface area (Å²) in [5.74, 6) is 1.70. The largest absolute Gasteiger partial charge is 0.357 e. The molecule has 1 aliphatic rings. The zero-order chi connectivity index (χ0) is 11.5. The first kappa shape index (κ1) is 11.8. The van der Waals surface area contributed by atoms with Crippen molar-refractivity contribution in [1.29, 1.82) is 0 Å². The molecule has 0 bridgehead atoms. The third-order valence-electron chi connectivity index (χ3n) is 3.70. The monoisotopic (exact) mass is 239 g/mol. The molecule has 1 heterocycles. The lowest BCUT2D eigenvalue weighted by Crippen LogP contribution is -2.30. The van der Waals surface area contributed by atoms with E-state index >= 15 is 0 Å². The summed E-state index contributed by atoms with van der Waals surface area (Å²) in [5.41, 5.74) is 0. The summed E-state index contributed by atoms with van der Waals surface area (Å²) in [6.45, 7) is 6.84. The van der Waals surface area contributed by atoms with Gasteiger partial charge in [-0.1, -0.05) is 32.1 Å². The lowest BCUT2D eigenvalue weighted by Gasteiger charge is -2.32. The molecular formula is C12H21N3S. The molecule has 4 heteroatoms. The van der Waals surface area contributed by atoms with Gasteiger partial charge in [-0.2, -0.15) is 0 Å². The number of aryl methyl sites for hydroxylation is 1. The van der Waals surface area contributed by atoms with Crippen molar-refractivity contribution in [3.05, 3.63) is 5.01 Å². The summed E-state index contributed by atoms with van der Waals surface area (Å²) in [5, 5.41) is 14.0. The number of nitrogens with zero attached hydrogens (tertiary/aromatic N) is 2. The van der Waals surface area contributed by atoms with E-state index in [0.29, 0.717) is 6.04 Å². The molecule has 0 radical (unpaired) electrons. The molecule has 0 amide bonds. The van der Waals surface area contributed by atoms with Crippen LogP contribution in [0.2, 0.25) is 0 Å². The molecule has 0 spiro atoms. The highest BCUT2D eigenvalue weighted by Gasteiger charge is 2.24. The van der Waals surface area contributed by atoms with Crippen LogP contribution in [-0.2, 0) is 6.42 Å². The molecule has 1 aromatic rings. The Hall–Kier alpha value is -0.640. The standard InChI is InChI=1S/C12H21N3S/c1-4-11-14-15-12(16-11)13-10-6-5-8(2)9(3)7-10/h8-10H,4-7H2,1-3H3,(H,13,15). The maximum atomic E-state index is 4.18. The van der Waals surface area contributed by atoms with E-state index in [1.807, 2.05) is 0 Å². The average Bonchev–Trinajstić information content (AvgIpc) is 2.71. The molecule has 16 heavy (non-hydrogen) atoms. The minimum atomic E-state index is 0.601. The maximum Gasteiger partial charge on any atom is 0.205 e. The molecule has 0 aliphatic heterocycles. The van der Waals surface area contributed by atoms with Crippen molar-refractivity contribution in [2.75, 3.05) is 5.32 Å². The Balaban J connectivity index is 1.90. The van der Waals surface area contributed by atoms with Crippen molar-refractivity contribution in [3.8, 4) is 0 Å². The summed E-state index contributed by atoms with van der Waals surface area (Å²) < 4.78 is 0. The van der Waals surface area contributed by atoms with Crippen LogP contribution in [0.15, 0.2) is 0 Å². The lowest BCUT2D eigenvalue weighted by atomic mass is 9.79. The van der Waals surface area contributed by atoms with Crippen LogP contribution in [0.5, 0.6) is 0 Å². The first-order valence-corrected chi connectivity index (χ1v) is 7.09. The van der Waals surface area contributed by atoms with Crippen LogP contribution >= 0.6 is 11.3 Å². The Labute approximate surface area is 102 Å². The molecule has 1 saturated carbocycles. The van der Waals surface area contributed by atoms with E-state index in [1.165, 1.54) is 19.3 Å². The van der Waals surface area contributed by atoms with Crippen LogP contribution in [0.4, 0.5) is 5.13 Å². The van der Waals surface area contributed by atoms with Gasteiger partial charge in [0.1, 0.15) is 5.01 Å². The van der Waals surface area contributed by atoms with Crippen LogP contribution in [0.1, 0.15) is 45.0 Å². The number of hydrogen-bond donors (Lipinski definition) is 1. The van der Waals surface area contributed by atoms with Gasteiger partial charge in [0.2, 0.25) is 5.13 Å². The second kappa shape index (κ2) is 5.13. The first-order valence-electron chi connectivity index (χ1n) is 6.28. The van der Waals surface area contributed by atoms with E-state index in [9.17, 15) is 0 Å². The van der Waals surface area contributed by atoms with Crippen LogP contribution in [0.25, 0.3) is 0 Å². The topological polar surface area (TPSA) is 37.8 Å². The van der Waals surface area contributed by atoms with Crippen molar-refractivity contribution < 1.29 is 0 Å². The van der Waals surface area contributed by atoms with Crippen molar-refractivity contribution >= 4 is 16.5 Å². The van der Waals surface area contributed by atoms with E-state index < -0.39 is 0 Å². The molecule has 3 unspecified atom stereocenters. The molecule has 1 fully saturated rings. The van der Waals surface area contributed by atoms with Gasteiger partial charge in [0.25, 0.3) is 0 Å². The van der Waals surface area contributed by atoms with Gasteiger partial charge in [0.15, 0.2) is 0 Å². The minimum Gasteiger partial charge on any atom is -0.357 e. The molecule has 0 saturated heterocycles. The van der Waals surface area contributed by atoms with Gasteiger partial charge < -0.3 is 5.32 Å². The fraction of sp³-hybridized carbons (Fsp3) is 0.833. The Morgan fingerprint density at radius 3 is 2.69 bits per heavy atom. The van der Waals surface area contributed by atoms with Crippen LogP contribution in [0.3, 0.4) is 0 Å². The van der Waals surface area contributed by atoms with E-state index in [4.69, 9.17) is 0 Å². The summed E-state index contributed by atoms with van der Waals surface area (Å²) in [7, 11) is 0. The highest BCUT2D eigenvalue weighted by Crippen LogP contribution is 2.31. The average molecular weight is 239 g/mol. The second-order valence-electron chi connectivity index (χ2n) is 4.96. The fourth-order valence-corrected chi connectivity index (χ4v) is 3.06. The zero-order valence-corrected chi connectivity index (χ0v) is 11.2. The number of hydrogen-bond acceptors (Lipinski definition) is 4. The number of nitrogens with one attached hydrogen (secondary N) is 1. The van der Waals surface area contributed by atoms with Crippen LogP contribution in [-0.4, -0.2) is 16.2 Å². The smallest absolute Gasteiger partial charge is 0.205 e. The van der Waals surface area contributed by atoms with Crippen molar-refractivity contribution in [2.45, 2.75) is 52.5 Å². The Morgan fingerprint density at radius 2 is 2.06 bits per heavy atom. The molecule has 2 rings (SSSR count). The fourth-order valence-electron chi connectivity index (χ4n) is 2.31. The first-order chi connectivity index (χ1) is 7.69. The normalized spacial score (nSPS) is 30.3. The third kappa shape index (κ3) is 2.73. The summed E-state index contributed by atoms with van der Waals surface area (Å²) in [6.07, 6.45) is 4.85. The molecule has 3 nitrogen and oxygen atoms in total. The van der Waals surface area contributed by atoms with Gasteiger partial charge in [-0.3, -0.25) is 0 Å². The summed E-state index contributed by atoms with van der Waals surface area (Å²) in [6, 6.07) is 0.601. The van der Waals surface area contributed by atoms with Gasteiger partial charge in [-0.05, 0) is 37.5 Å². The minimum absolute atomic E-state index is 0.601. The predicted molar refractivity (Wildman–Crippen MR) is 68.9 cm³/mol. The maximum absolute atomic E-state index is 4.18. The van der Waals surface area contributed by atoms with Gasteiger partial charge >= 0.3 is 0 Å². The highest BCUT2D eigenvalue weighted by atomic mass is 32.1. The van der Waals surface area contributed by atoms with Crippen LogP contribution in [0, 0.1) is 11.8 Å². The number of aromatic nitrogens is 2. The summed E-state index contributed by atoms with van der Waals surface area (Å²) >= 11 is 1.70. The zero-order valence-electron chi connectivity index (χ0n) is 10.4. The van der Waals surface area contributed by atoms with Gasteiger partial charge in [-0.15, -0.1) is 10.2 Å². The molecule has 1 aliphatic carbocycles. The quantitative estimate of drug-likeness (QED) is 0.879. The Kier molecular flexibility index (Phi) is 3.79. The Bertz CT molecular complexity index is 337. The molecule has 1 N–H and O–H groups in total. The Morgan fingerprint density at radius 1 is 1.25 bits per heavy atom. The highest BCUT2D eigenvalue weighted by molar-refractivity contribution is 7.15. The SMILES string of the molecule is CCc1nnc(NC2CCC(C)C(C)C2)s1. The van der Waals surface area contributed by atoms with E-state index in [1.54, 1.807) is 11.3 Å². The van der Waals surface area contributed by atoms with Crippen molar-refractivity contribution in [1.82, 2.24) is 10.2 Å². The molecule has 1 aromatic heterocycles. The van der Waals surface area contributed by atoms with Crippen molar-refractivity contribution in [3.63, 3.8) is 0 Å². The molecular weight excluding hydrogens is 218 g/mol. The third-order valence-corrected chi connectivity index (χ3v) is 4.69. The van der Waals surface area contributed by atoms with Gasteiger partial charge in [0, 0.05) is 6.04 Å².